The van der Waals surface area contributed by atoms with Gasteiger partial charge in [0.1, 0.15) is 11.5 Å². The van der Waals surface area contributed by atoms with Crippen LogP contribution in [-0.4, -0.2) is 41.8 Å². The van der Waals surface area contributed by atoms with E-state index in [1.807, 2.05) is 54.6 Å². The molecule has 0 aliphatic carbocycles. The second-order valence-electron chi connectivity index (χ2n) is 5.50. The van der Waals surface area contributed by atoms with Gasteiger partial charge < -0.3 is 14.6 Å². The van der Waals surface area contributed by atoms with E-state index in [-0.39, 0.29) is 0 Å². The minimum atomic E-state index is -0.907. The van der Waals surface area contributed by atoms with E-state index in [1.54, 1.807) is 0 Å². The van der Waals surface area contributed by atoms with Gasteiger partial charge in [-0.15, -0.1) is 0 Å². The second-order valence-corrected chi connectivity index (χ2v) is 5.50. The number of morpholine rings is 1. The summed E-state index contributed by atoms with van der Waals surface area (Å²) in [6.07, 6.45) is -0.743. The van der Waals surface area contributed by atoms with Gasteiger partial charge in [0.2, 0.25) is 0 Å². The maximum Gasteiger partial charge on any atom is 0.334 e. The molecule has 0 radical (unpaired) electrons. The lowest BCUT2D eigenvalue weighted by molar-refractivity contribution is -0.156. The Labute approximate surface area is 135 Å². The van der Waals surface area contributed by atoms with Crippen molar-refractivity contribution >= 4 is 5.97 Å². The Kier molecular flexibility index (Phi) is 4.90. The van der Waals surface area contributed by atoms with Gasteiger partial charge in [-0.2, -0.15) is 0 Å². The number of para-hydroxylation sites is 1. The number of hydrogen-bond acceptors (Lipinski definition) is 4. The fourth-order valence-corrected chi connectivity index (χ4v) is 2.59. The summed E-state index contributed by atoms with van der Waals surface area (Å²) in [7, 11) is 0. The molecule has 1 saturated heterocycles. The van der Waals surface area contributed by atoms with Gasteiger partial charge in [0, 0.05) is 19.6 Å². The molecule has 1 N–H and O–H groups in total. The summed E-state index contributed by atoms with van der Waals surface area (Å²) in [5.74, 6) is 0.662. The molecule has 0 amide bonds. The monoisotopic (exact) mass is 313 g/mol. The Morgan fingerprint density at radius 1 is 1.17 bits per heavy atom. The van der Waals surface area contributed by atoms with Crippen molar-refractivity contribution in [1.29, 1.82) is 0 Å². The highest BCUT2D eigenvalue weighted by atomic mass is 16.5. The van der Waals surface area contributed by atoms with Crippen molar-refractivity contribution in [1.82, 2.24) is 4.90 Å². The van der Waals surface area contributed by atoms with E-state index in [4.69, 9.17) is 14.6 Å². The molecular weight excluding hydrogens is 294 g/mol. The van der Waals surface area contributed by atoms with E-state index in [0.29, 0.717) is 19.7 Å². The van der Waals surface area contributed by atoms with E-state index < -0.39 is 12.1 Å². The molecule has 0 saturated carbocycles. The third-order valence-electron chi connectivity index (χ3n) is 3.71. The lowest BCUT2D eigenvalue weighted by Crippen LogP contribution is -2.45. The van der Waals surface area contributed by atoms with Crippen LogP contribution < -0.4 is 4.74 Å². The Morgan fingerprint density at radius 2 is 1.96 bits per heavy atom. The van der Waals surface area contributed by atoms with Gasteiger partial charge in [-0.25, -0.2) is 4.79 Å². The van der Waals surface area contributed by atoms with Crippen LogP contribution in [0.25, 0.3) is 0 Å². The summed E-state index contributed by atoms with van der Waals surface area (Å²) in [5.41, 5.74) is 1.09. The molecule has 5 heteroatoms. The van der Waals surface area contributed by atoms with Crippen molar-refractivity contribution in [3.05, 3.63) is 60.2 Å². The van der Waals surface area contributed by atoms with Crippen molar-refractivity contribution in [2.24, 2.45) is 0 Å². The maximum atomic E-state index is 11.0. The quantitative estimate of drug-likeness (QED) is 0.920. The first kappa shape index (κ1) is 15.5. The second kappa shape index (κ2) is 7.26. The van der Waals surface area contributed by atoms with E-state index in [1.165, 1.54) is 0 Å². The average Bonchev–Trinajstić information content (AvgIpc) is 2.56. The third-order valence-corrected chi connectivity index (χ3v) is 3.71. The summed E-state index contributed by atoms with van der Waals surface area (Å²) < 4.78 is 11.1. The molecule has 3 rings (SSSR count). The average molecular weight is 313 g/mol. The first-order chi connectivity index (χ1) is 11.2. The van der Waals surface area contributed by atoms with Crippen LogP contribution in [0.2, 0.25) is 0 Å². The molecule has 1 fully saturated rings. The number of aliphatic carboxylic acids is 1. The first-order valence-corrected chi connectivity index (χ1v) is 7.59. The number of carboxylic acid groups (broad SMARTS) is 1. The normalized spacial score (nSPS) is 18.5. The molecule has 0 spiro atoms. The molecule has 120 valence electrons. The maximum absolute atomic E-state index is 11.0. The molecule has 2 aromatic carbocycles. The predicted molar refractivity (Wildman–Crippen MR) is 85.6 cm³/mol. The zero-order valence-corrected chi connectivity index (χ0v) is 12.7. The number of rotatable bonds is 5. The standard InChI is InChI=1S/C18H19NO4/c20-18(21)17-13-19(9-10-22-17)12-14-5-4-8-16(11-14)23-15-6-2-1-3-7-15/h1-8,11,17H,9-10,12-13H2,(H,20,21)/t17-/m1/s1. The molecule has 0 unspecified atom stereocenters. The third kappa shape index (κ3) is 4.31. The van der Waals surface area contributed by atoms with Gasteiger partial charge in [-0.1, -0.05) is 30.3 Å². The number of carbonyl (C=O) groups is 1. The van der Waals surface area contributed by atoms with Crippen molar-refractivity contribution in [3.63, 3.8) is 0 Å². The Bertz CT molecular complexity index is 659. The Hall–Kier alpha value is -2.37. The molecule has 1 atom stereocenters. The summed E-state index contributed by atoms with van der Waals surface area (Å²) >= 11 is 0. The summed E-state index contributed by atoms with van der Waals surface area (Å²) in [6.45, 7) is 2.25. The number of benzene rings is 2. The highest BCUT2D eigenvalue weighted by Crippen LogP contribution is 2.22. The molecule has 0 aromatic heterocycles. The van der Waals surface area contributed by atoms with Gasteiger partial charge in [-0.05, 0) is 29.8 Å². The topological polar surface area (TPSA) is 59.0 Å². The predicted octanol–water partition coefficient (Wildman–Crippen LogP) is 2.76. The molecular formula is C18H19NO4. The molecule has 2 aromatic rings. The number of carboxylic acids is 1. The van der Waals surface area contributed by atoms with Crippen LogP contribution in [0.1, 0.15) is 5.56 Å². The Morgan fingerprint density at radius 3 is 2.74 bits per heavy atom. The van der Waals surface area contributed by atoms with Crippen molar-refractivity contribution in [2.45, 2.75) is 12.6 Å². The molecule has 1 heterocycles. The van der Waals surface area contributed by atoms with Crippen molar-refractivity contribution in [2.75, 3.05) is 19.7 Å². The highest BCUT2D eigenvalue weighted by Gasteiger charge is 2.26. The smallest absolute Gasteiger partial charge is 0.334 e. The van der Waals surface area contributed by atoms with Gasteiger partial charge in [-0.3, -0.25) is 4.90 Å². The van der Waals surface area contributed by atoms with Crippen molar-refractivity contribution in [3.8, 4) is 11.5 Å². The SMILES string of the molecule is O=C(O)[C@H]1CN(Cc2cccc(Oc3ccccc3)c2)CCO1. The molecule has 1 aliphatic rings. The number of ether oxygens (including phenoxy) is 2. The van der Waals surface area contributed by atoms with Crippen molar-refractivity contribution < 1.29 is 19.4 Å². The van der Waals surface area contributed by atoms with Crippen LogP contribution in [0.15, 0.2) is 54.6 Å². The van der Waals surface area contributed by atoms with E-state index in [0.717, 1.165) is 23.6 Å². The minimum absolute atomic E-state index is 0.402. The van der Waals surface area contributed by atoms with E-state index in [9.17, 15) is 4.79 Å². The first-order valence-electron chi connectivity index (χ1n) is 7.59. The van der Waals surface area contributed by atoms with Crippen LogP contribution in [-0.2, 0) is 16.1 Å². The van der Waals surface area contributed by atoms with Crippen LogP contribution >= 0.6 is 0 Å². The van der Waals surface area contributed by atoms with Crippen LogP contribution in [0.3, 0.4) is 0 Å². The Balaban J connectivity index is 1.64. The lowest BCUT2D eigenvalue weighted by atomic mass is 10.1. The lowest BCUT2D eigenvalue weighted by Gasteiger charge is -2.30. The molecule has 0 bridgehead atoms. The fourth-order valence-electron chi connectivity index (χ4n) is 2.59. The van der Waals surface area contributed by atoms with Gasteiger partial charge in [0.15, 0.2) is 6.10 Å². The number of nitrogens with zero attached hydrogens (tertiary/aromatic N) is 1. The fraction of sp³-hybridized carbons (Fsp3) is 0.278. The summed E-state index contributed by atoms with van der Waals surface area (Å²) in [6, 6.07) is 17.5. The summed E-state index contributed by atoms with van der Waals surface area (Å²) in [4.78, 5) is 13.1. The van der Waals surface area contributed by atoms with Crippen LogP contribution in [0.5, 0.6) is 11.5 Å². The van der Waals surface area contributed by atoms with E-state index in [2.05, 4.69) is 4.90 Å². The van der Waals surface area contributed by atoms with E-state index >= 15 is 0 Å². The number of hydrogen-bond donors (Lipinski definition) is 1. The largest absolute Gasteiger partial charge is 0.479 e. The highest BCUT2D eigenvalue weighted by molar-refractivity contribution is 5.72. The zero-order valence-electron chi connectivity index (χ0n) is 12.7. The zero-order chi connectivity index (χ0) is 16.1. The molecule has 1 aliphatic heterocycles. The molecule has 5 nitrogen and oxygen atoms in total. The van der Waals surface area contributed by atoms with Gasteiger partial charge in [0.25, 0.3) is 0 Å². The van der Waals surface area contributed by atoms with Gasteiger partial charge >= 0.3 is 5.97 Å². The van der Waals surface area contributed by atoms with Gasteiger partial charge in [0.05, 0.1) is 6.61 Å². The summed E-state index contributed by atoms with van der Waals surface area (Å²) in [5, 5.41) is 9.06. The van der Waals surface area contributed by atoms with Crippen LogP contribution in [0.4, 0.5) is 0 Å². The van der Waals surface area contributed by atoms with Crippen LogP contribution in [0, 0.1) is 0 Å². The molecule has 23 heavy (non-hydrogen) atoms. The minimum Gasteiger partial charge on any atom is -0.479 e.